The first kappa shape index (κ1) is 20.3. The van der Waals surface area contributed by atoms with Crippen LogP contribution >= 0.6 is 11.3 Å². The minimum absolute atomic E-state index is 0.326. The summed E-state index contributed by atoms with van der Waals surface area (Å²) in [5, 5.41) is 7.51. The highest BCUT2D eigenvalue weighted by Crippen LogP contribution is 2.27. The average Bonchev–Trinajstić information content (AvgIpc) is 3.24. The van der Waals surface area contributed by atoms with Crippen molar-refractivity contribution in [2.75, 3.05) is 11.9 Å². The molecule has 156 valence electrons. The van der Waals surface area contributed by atoms with Crippen molar-refractivity contribution < 1.29 is 9.53 Å². The predicted molar refractivity (Wildman–Crippen MR) is 119 cm³/mol. The third-order valence-electron chi connectivity index (χ3n) is 4.37. The van der Waals surface area contributed by atoms with Gasteiger partial charge in [-0.1, -0.05) is 6.07 Å². The summed E-state index contributed by atoms with van der Waals surface area (Å²) in [7, 11) is 0. The Bertz CT molecular complexity index is 1340. The molecule has 4 rings (SSSR count). The van der Waals surface area contributed by atoms with E-state index in [1.165, 1.54) is 23.5 Å². The van der Waals surface area contributed by atoms with E-state index >= 15 is 0 Å². The lowest BCUT2D eigenvalue weighted by molar-refractivity contribution is 0.102. The first-order valence-electron chi connectivity index (χ1n) is 9.46. The molecule has 0 aliphatic rings. The Morgan fingerprint density at radius 2 is 1.94 bits per heavy atom. The number of anilines is 1. The first-order valence-corrected chi connectivity index (χ1v) is 10.3. The van der Waals surface area contributed by atoms with Crippen molar-refractivity contribution in [3.63, 3.8) is 0 Å². The molecule has 2 heterocycles. The number of amides is 1. The minimum atomic E-state index is -0.418. The zero-order valence-corrected chi connectivity index (χ0v) is 17.3. The third kappa shape index (κ3) is 4.62. The van der Waals surface area contributed by atoms with Gasteiger partial charge in [-0.05, 0) is 49.4 Å². The summed E-state index contributed by atoms with van der Waals surface area (Å²) in [6, 6.07) is 16.3. The number of ether oxygens (including phenoxy) is 1. The number of benzene rings is 2. The molecule has 2 aromatic heterocycles. The normalized spacial score (nSPS) is 10.6. The predicted octanol–water partition coefficient (Wildman–Crippen LogP) is 3.30. The van der Waals surface area contributed by atoms with Crippen LogP contribution in [0, 0.1) is 0 Å². The quantitative estimate of drug-likeness (QED) is 0.484. The largest absolute Gasteiger partial charge is 0.494 e. The molecule has 2 aromatic carbocycles. The maximum atomic E-state index is 12.7. The van der Waals surface area contributed by atoms with E-state index in [2.05, 4.69) is 15.4 Å². The van der Waals surface area contributed by atoms with E-state index in [4.69, 9.17) is 4.74 Å². The number of nitrogens with one attached hydrogen (secondary N) is 2. The number of carbonyl (C=O) groups is 1. The van der Waals surface area contributed by atoms with Gasteiger partial charge < -0.3 is 4.74 Å². The molecule has 0 atom stereocenters. The Morgan fingerprint density at radius 1 is 1.13 bits per heavy atom. The van der Waals surface area contributed by atoms with Crippen LogP contribution in [0.3, 0.4) is 0 Å². The summed E-state index contributed by atoms with van der Waals surface area (Å²) in [4.78, 5) is 40.7. The zero-order valence-electron chi connectivity index (χ0n) is 16.5. The van der Waals surface area contributed by atoms with Gasteiger partial charge in [0.1, 0.15) is 5.75 Å². The molecule has 0 bridgehead atoms. The van der Waals surface area contributed by atoms with E-state index in [9.17, 15) is 14.4 Å². The van der Waals surface area contributed by atoms with Gasteiger partial charge in [0, 0.05) is 28.6 Å². The lowest BCUT2D eigenvalue weighted by atomic mass is 10.2. The van der Waals surface area contributed by atoms with E-state index in [-0.39, 0.29) is 5.91 Å². The maximum Gasteiger partial charge on any atom is 0.269 e. The van der Waals surface area contributed by atoms with E-state index in [1.807, 2.05) is 36.6 Å². The van der Waals surface area contributed by atoms with Gasteiger partial charge in [0.15, 0.2) is 5.13 Å². The number of aromatic amines is 1. The first-order chi connectivity index (χ1) is 15.0. The summed E-state index contributed by atoms with van der Waals surface area (Å²) in [5.41, 5.74) is 1.53. The van der Waals surface area contributed by atoms with E-state index < -0.39 is 11.1 Å². The number of rotatable bonds is 6. The van der Waals surface area contributed by atoms with Crippen molar-refractivity contribution in [3.8, 4) is 22.7 Å². The molecule has 4 aromatic rings. The van der Waals surface area contributed by atoms with Crippen molar-refractivity contribution in [3.05, 3.63) is 92.3 Å². The Balaban J connectivity index is 1.52. The maximum absolute atomic E-state index is 12.7. The van der Waals surface area contributed by atoms with Crippen LogP contribution in [0.15, 0.2) is 75.6 Å². The van der Waals surface area contributed by atoms with Gasteiger partial charge in [0.2, 0.25) is 0 Å². The molecule has 1 amide bonds. The van der Waals surface area contributed by atoms with Crippen LogP contribution in [-0.4, -0.2) is 27.3 Å². The Morgan fingerprint density at radius 3 is 2.71 bits per heavy atom. The summed E-state index contributed by atoms with van der Waals surface area (Å²) in [6.45, 7) is 2.53. The number of carbonyl (C=O) groups excluding carboxylic acids is 1. The van der Waals surface area contributed by atoms with Crippen molar-refractivity contribution in [1.29, 1.82) is 0 Å². The van der Waals surface area contributed by atoms with E-state index in [1.54, 1.807) is 18.2 Å². The van der Waals surface area contributed by atoms with Crippen LogP contribution in [0.1, 0.15) is 17.3 Å². The highest BCUT2D eigenvalue weighted by atomic mass is 32.1. The van der Waals surface area contributed by atoms with Gasteiger partial charge >= 0.3 is 0 Å². The molecule has 0 aliphatic heterocycles. The molecule has 0 spiro atoms. The number of aromatic nitrogens is 3. The number of thiazole rings is 1. The van der Waals surface area contributed by atoms with Crippen LogP contribution in [0.25, 0.3) is 16.9 Å². The Kier molecular flexibility index (Phi) is 5.76. The van der Waals surface area contributed by atoms with Gasteiger partial charge in [0.05, 0.1) is 18.0 Å². The summed E-state index contributed by atoms with van der Waals surface area (Å²) in [6.07, 6.45) is 0. The summed E-state index contributed by atoms with van der Waals surface area (Å²) >= 11 is 1.31. The molecule has 0 unspecified atom stereocenters. The van der Waals surface area contributed by atoms with E-state index in [0.29, 0.717) is 23.0 Å². The van der Waals surface area contributed by atoms with Crippen molar-refractivity contribution >= 4 is 22.4 Å². The molecule has 0 saturated carbocycles. The Hall–Kier alpha value is -3.98. The SMILES string of the molecule is CCOc1ccc(-c2csc(NC(=O)c3cccc(-n4[nH]c(=O)ccc4=O)c3)n2)cc1. The molecule has 31 heavy (non-hydrogen) atoms. The number of nitrogens with zero attached hydrogens (tertiary/aromatic N) is 2. The van der Waals surface area contributed by atoms with Crippen LogP contribution < -0.4 is 21.2 Å². The molecule has 0 radical (unpaired) electrons. The van der Waals surface area contributed by atoms with Gasteiger partial charge in [0.25, 0.3) is 17.0 Å². The lowest BCUT2D eigenvalue weighted by Gasteiger charge is -2.07. The summed E-state index contributed by atoms with van der Waals surface area (Å²) in [5.74, 6) is 0.412. The highest BCUT2D eigenvalue weighted by molar-refractivity contribution is 7.14. The van der Waals surface area contributed by atoms with Gasteiger partial charge in [-0.2, -0.15) is 0 Å². The highest BCUT2D eigenvalue weighted by Gasteiger charge is 2.12. The fourth-order valence-electron chi connectivity index (χ4n) is 2.92. The zero-order chi connectivity index (χ0) is 21.8. The lowest BCUT2D eigenvalue weighted by Crippen LogP contribution is -2.26. The molecule has 0 aliphatic carbocycles. The van der Waals surface area contributed by atoms with Gasteiger partial charge in [-0.15, -0.1) is 11.3 Å². The van der Waals surface area contributed by atoms with Gasteiger partial charge in [-0.3, -0.25) is 24.8 Å². The van der Waals surface area contributed by atoms with Crippen LogP contribution in [0.2, 0.25) is 0 Å². The fourth-order valence-corrected chi connectivity index (χ4v) is 3.64. The second kappa shape index (κ2) is 8.80. The molecular formula is C22H18N4O4S. The monoisotopic (exact) mass is 434 g/mol. The number of hydrogen-bond donors (Lipinski definition) is 2. The van der Waals surface area contributed by atoms with Crippen LogP contribution in [-0.2, 0) is 0 Å². The summed E-state index contributed by atoms with van der Waals surface area (Å²) < 4.78 is 6.53. The van der Waals surface area contributed by atoms with Crippen molar-refractivity contribution in [1.82, 2.24) is 14.8 Å². The van der Waals surface area contributed by atoms with Crippen LogP contribution in [0.4, 0.5) is 5.13 Å². The fraction of sp³-hybridized carbons (Fsp3) is 0.0909. The second-order valence-corrected chi connectivity index (χ2v) is 7.34. The molecule has 0 saturated heterocycles. The van der Waals surface area contributed by atoms with Crippen molar-refractivity contribution in [2.45, 2.75) is 6.92 Å². The molecule has 9 heteroatoms. The molecule has 8 nitrogen and oxygen atoms in total. The third-order valence-corrected chi connectivity index (χ3v) is 5.13. The Labute approximate surface area is 180 Å². The smallest absolute Gasteiger partial charge is 0.269 e. The average molecular weight is 434 g/mol. The minimum Gasteiger partial charge on any atom is -0.494 e. The van der Waals surface area contributed by atoms with E-state index in [0.717, 1.165) is 27.8 Å². The molecule has 0 fully saturated rings. The van der Waals surface area contributed by atoms with Crippen molar-refractivity contribution in [2.24, 2.45) is 0 Å². The van der Waals surface area contributed by atoms with Gasteiger partial charge in [-0.25, -0.2) is 9.67 Å². The number of hydrogen-bond acceptors (Lipinski definition) is 6. The topological polar surface area (TPSA) is 106 Å². The molecular weight excluding hydrogens is 416 g/mol. The van der Waals surface area contributed by atoms with Crippen LogP contribution in [0.5, 0.6) is 5.75 Å². The second-order valence-electron chi connectivity index (χ2n) is 6.48. The standard InChI is InChI=1S/C22H18N4O4S/c1-2-30-17-8-6-14(7-9-17)18-13-31-22(23-18)24-21(29)15-4-3-5-16(12-15)26-20(28)11-10-19(27)25-26/h3-13H,2H2,1H3,(H,25,27)(H,23,24,29). The number of H-pyrrole nitrogens is 1. The molecule has 2 N–H and O–H groups in total.